The fourth-order valence-electron chi connectivity index (χ4n) is 1.53. The molecule has 0 saturated carbocycles. The third kappa shape index (κ3) is 2.05. The van der Waals surface area contributed by atoms with E-state index < -0.39 is 0 Å². The Balaban J connectivity index is 2.28. The first kappa shape index (κ1) is 9.06. The lowest BCUT2D eigenvalue weighted by atomic mass is 10.2. The molecule has 0 aliphatic heterocycles. The summed E-state index contributed by atoms with van der Waals surface area (Å²) in [5, 5.41) is 1.32. The minimum atomic E-state index is 1.16. The summed E-state index contributed by atoms with van der Waals surface area (Å²) in [5.74, 6) is 0. The second kappa shape index (κ2) is 4.13. The topological polar surface area (TPSA) is 15.8 Å². The van der Waals surface area contributed by atoms with Crippen LogP contribution in [0.4, 0.5) is 0 Å². The Morgan fingerprint density at radius 2 is 2.08 bits per heavy atom. The van der Waals surface area contributed by atoms with Crippen LogP contribution in [-0.4, -0.2) is 9.41 Å². The Morgan fingerprint density at radius 1 is 1.23 bits per heavy atom. The molecule has 1 aromatic carbocycles. The molecule has 0 fully saturated rings. The van der Waals surface area contributed by atoms with Crippen LogP contribution in [-0.2, 0) is 6.42 Å². The fourth-order valence-corrected chi connectivity index (χ4v) is 1.91. The predicted molar refractivity (Wildman–Crippen MR) is 65.5 cm³/mol. The van der Waals surface area contributed by atoms with Crippen molar-refractivity contribution in [3.05, 3.63) is 36.0 Å². The monoisotopic (exact) mass is 285 g/mol. The maximum absolute atomic E-state index is 3.43. The molecule has 2 aromatic rings. The molecule has 13 heavy (non-hydrogen) atoms. The van der Waals surface area contributed by atoms with Gasteiger partial charge in [0.1, 0.15) is 0 Å². The Hall–Kier alpha value is -0.510. The molecule has 0 bridgehead atoms. The largest absolute Gasteiger partial charge is 0.358 e. The molecule has 1 nitrogen and oxygen atoms in total. The molecular weight excluding hydrogens is 273 g/mol. The number of halogens is 1. The van der Waals surface area contributed by atoms with E-state index in [-0.39, 0.29) is 0 Å². The Labute approximate surface area is 91.7 Å². The highest BCUT2D eigenvalue weighted by atomic mass is 127. The summed E-state index contributed by atoms with van der Waals surface area (Å²) in [6.45, 7) is 0. The zero-order valence-corrected chi connectivity index (χ0v) is 9.54. The first-order valence-corrected chi connectivity index (χ1v) is 6.05. The molecule has 0 atom stereocenters. The van der Waals surface area contributed by atoms with Crippen LogP contribution in [0.1, 0.15) is 12.1 Å². The zero-order chi connectivity index (χ0) is 9.10. The smallest absolute Gasteiger partial charge is 0.0456 e. The van der Waals surface area contributed by atoms with Gasteiger partial charge in [0.25, 0.3) is 0 Å². The van der Waals surface area contributed by atoms with Gasteiger partial charge in [0, 0.05) is 11.2 Å². The van der Waals surface area contributed by atoms with Crippen molar-refractivity contribution in [1.29, 1.82) is 0 Å². The van der Waals surface area contributed by atoms with Crippen molar-refractivity contribution in [2.24, 2.45) is 0 Å². The van der Waals surface area contributed by atoms with Gasteiger partial charge in [-0.05, 0) is 34.8 Å². The molecule has 1 N–H and O–H groups in total. The number of para-hydroxylation sites is 1. The molecule has 68 valence electrons. The van der Waals surface area contributed by atoms with Gasteiger partial charge in [-0.25, -0.2) is 0 Å². The van der Waals surface area contributed by atoms with Crippen LogP contribution in [0.25, 0.3) is 10.9 Å². The summed E-state index contributed by atoms with van der Waals surface area (Å²) in [5.41, 5.74) is 2.61. The summed E-state index contributed by atoms with van der Waals surface area (Å²) in [4.78, 5) is 3.43. The van der Waals surface area contributed by atoms with Crippen LogP contribution < -0.4 is 0 Å². The van der Waals surface area contributed by atoms with Crippen LogP contribution in [0.5, 0.6) is 0 Å². The van der Waals surface area contributed by atoms with Gasteiger partial charge < -0.3 is 4.98 Å². The SMILES string of the molecule is ICCCc1cc2ccccc2[nH]1. The number of hydrogen-bond donors (Lipinski definition) is 1. The molecule has 1 aromatic heterocycles. The Morgan fingerprint density at radius 3 is 2.85 bits per heavy atom. The van der Waals surface area contributed by atoms with E-state index in [1.807, 2.05) is 0 Å². The summed E-state index contributed by atoms with van der Waals surface area (Å²) in [6.07, 6.45) is 2.42. The highest BCUT2D eigenvalue weighted by molar-refractivity contribution is 14.1. The van der Waals surface area contributed by atoms with Gasteiger partial charge in [0.2, 0.25) is 0 Å². The van der Waals surface area contributed by atoms with E-state index in [1.165, 1.54) is 27.4 Å². The van der Waals surface area contributed by atoms with E-state index in [1.54, 1.807) is 0 Å². The van der Waals surface area contributed by atoms with Gasteiger partial charge in [-0.15, -0.1) is 0 Å². The number of H-pyrrole nitrogens is 1. The van der Waals surface area contributed by atoms with Gasteiger partial charge in [-0.1, -0.05) is 40.8 Å². The summed E-state index contributed by atoms with van der Waals surface area (Å²) >= 11 is 2.42. The third-order valence-electron chi connectivity index (χ3n) is 2.17. The average Bonchev–Trinajstić information content (AvgIpc) is 2.57. The lowest BCUT2D eigenvalue weighted by Crippen LogP contribution is -1.84. The van der Waals surface area contributed by atoms with Crippen molar-refractivity contribution < 1.29 is 0 Å². The predicted octanol–water partition coefficient (Wildman–Crippen LogP) is 3.54. The highest BCUT2D eigenvalue weighted by Crippen LogP contribution is 2.15. The van der Waals surface area contributed by atoms with Crippen LogP contribution in [0.2, 0.25) is 0 Å². The van der Waals surface area contributed by atoms with Gasteiger partial charge in [0.15, 0.2) is 0 Å². The average molecular weight is 285 g/mol. The van der Waals surface area contributed by atoms with Crippen molar-refractivity contribution in [2.45, 2.75) is 12.8 Å². The second-order valence-corrected chi connectivity index (χ2v) is 4.25. The van der Waals surface area contributed by atoms with Crippen molar-refractivity contribution >= 4 is 33.5 Å². The molecule has 0 saturated heterocycles. The molecule has 0 aliphatic rings. The van der Waals surface area contributed by atoms with Gasteiger partial charge in [-0.2, -0.15) is 0 Å². The number of hydrogen-bond acceptors (Lipinski definition) is 0. The molecular formula is C11H12IN. The normalized spacial score (nSPS) is 10.8. The maximum Gasteiger partial charge on any atom is 0.0456 e. The fraction of sp³-hybridized carbons (Fsp3) is 0.273. The molecule has 2 rings (SSSR count). The first-order valence-electron chi connectivity index (χ1n) is 4.53. The lowest BCUT2D eigenvalue weighted by molar-refractivity contribution is 0.917. The quantitative estimate of drug-likeness (QED) is 0.656. The van der Waals surface area contributed by atoms with E-state index in [4.69, 9.17) is 0 Å². The van der Waals surface area contributed by atoms with Crippen LogP contribution >= 0.6 is 22.6 Å². The van der Waals surface area contributed by atoms with Crippen molar-refractivity contribution in [3.8, 4) is 0 Å². The van der Waals surface area contributed by atoms with E-state index in [0.29, 0.717) is 0 Å². The standard InChI is InChI=1S/C11H12IN/c12-7-3-5-10-8-9-4-1-2-6-11(9)13-10/h1-2,4,6,8,13H,3,5,7H2. The molecule has 0 radical (unpaired) electrons. The number of nitrogens with one attached hydrogen (secondary N) is 1. The van der Waals surface area contributed by atoms with Crippen molar-refractivity contribution in [3.63, 3.8) is 0 Å². The number of aryl methyl sites for hydroxylation is 1. The minimum Gasteiger partial charge on any atom is -0.358 e. The van der Waals surface area contributed by atoms with Crippen LogP contribution in [0.15, 0.2) is 30.3 Å². The number of rotatable bonds is 3. The molecule has 0 unspecified atom stereocenters. The third-order valence-corrected chi connectivity index (χ3v) is 2.93. The van der Waals surface area contributed by atoms with E-state index in [9.17, 15) is 0 Å². The van der Waals surface area contributed by atoms with Crippen molar-refractivity contribution in [1.82, 2.24) is 4.98 Å². The summed E-state index contributed by atoms with van der Waals surface area (Å²) in [6, 6.07) is 10.7. The van der Waals surface area contributed by atoms with Crippen molar-refractivity contribution in [2.75, 3.05) is 4.43 Å². The Bertz CT molecular complexity index is 359. The number of fused-ring (bicyclic) bond motifs is 1. The van der Waals surface area contributed by atoms with Gasteiger partial charge >= 0.3 is 0 Å². The van der Waals surface area contributed by atoms with E-state index in [0.717, 1.165) is 6.42 Å². The van der Waals surface area contributed by atoms with Gasteiger partial charge in [0.05, 0.1) is 0 Å². The van der Waals surface area contributed by atoms with Gasteiger partial charge in [-0.3, -0.25) is 0 Å². The second-order valence-electron chi connectivity index (χ2n) is 3.17. The number of aromatic amines is 1. The van der Waals surface area contributed by atoms with Crippen LogP contribution in [0, 0.1) is 0 Å². The summed E-state index contributed by atoms with van der Waals surface area (Å²) in [7, 11) is 0. The maximum atomic E-state index is 3.43. The molecule has 2 heteroatoms. The minimum absolute atomic E-state index is 1.16. The lowest BCUT2D eigenvalue weighted by Gasteiger charge is -1.91. The van der Waals surface area contributed by atoms with E-state index in [2.05, 4.69) is 57.9 Å². The van der Waals surface area contributed by atoms with E-state index >= 15 is 0 Å². The highest BCUT2D eigenvalue weighted by Gasteiger charge is 1.98. The number of benzene rings is 1. The molecule has 0 spiro atoms. The zero-order valence-electron chi connectivity index (χ0n) is 7.39. The number of aromatic nitrogens is 1. The Kier molecular flexibility index (Phi) is 2.88. The molecule has 0 amide bonds. The molecule has 1 heterocycles. The number of alkyl halides is 1. The molecule has 0 aliphatic carbocycles. The summed E-state index contributed by atoms with van der Waals surface area (Å²) < 4.78 is 1.23. The first-order chi connectivity index (χ1) is 6.40. The van der Waals surface area contributed by atoms with Crippen LogP contribution in [0.3, 0.4) is 0 Å².